The number of carbonyl (C=O) groups is 4. The number of Topliss-reactive ketones (excluding diaryl/α,β-unsaturated/α-hetero) is 2. The Hall–Kier alpha value is -3.48. The first-order chi connectivity index (χ1) is 18.8. The molecule has 2 amide bonds. The molecule has 7 N–H and O–H groups in total. The van der Waals surface area contributed by atoms with Crippen LogP contribution in [-0.2, 0) is 27.3 Å². The largest absolute Gasteiger partial charge is 0.508 e. The number of primary amides is 1. The van der Waals surface area contributed by atoms with Crippen LogP contribution in [0.15, 0.2) is 17.4 Å². The molecule has 0 spiro atoms. The second kappa shape index (κ2) is 10.1. The van der Waals surface area contributed by atoms with Gasteiger partial charge in [0.1, 0.15) is 17.4 Å². The monoisotopic (exact) mass is 572 g/mol. The molecule has 3 aliphatic carbocycles. The SMILES string of the molecule is CN(C)c1cc(CNC(=O)C(C)(C)C)c(O)c2c1C[C@H]1C[C@H]3[C@H](N(C)C)C(O)C(C(N)=O)C(=O)[C@@]3(O)C(O)=C1C2=O. The Morgan fingerprint density at radius 3 is 2.27 bits per heavy atom. The van der Waals surface area contributed by atoms with Crippen molar-refractivity contribution >= 4 is 29.1 Å². The van der Waals surface area contributed by atoms with Crippen molar-refractivity contribution in [3.05, 3.63) is 34.1 Å². The molecular weight excluding hydrogens is 532 g/mol. The zero-order valence-corrected chi connectivity index (χ0v) is 24.5. The maximum Gasteiger partial charge on any atom is 0.230 e. The van der Waals surface area contributed by atoms with Gasteiger partial charge in [0.05, 0.1) is 11.7 Å². The van der Waals surface area contributed by atoms with Crippen molar-refractivity contribution in [3.63, 3.8) is 0 Å². The standard InChI is InChI=1S/C29H40N4O8/c1-28(2,3)27(40)31-11-13-10-16(32(4)5)14-8-12-9-15-20(33(6)7)23(36)19(26(30)39)25(38)29(15,41)24(37)17(12)22(35)18(14)21(13)34/h10,12,15,19-20,23,34,36-37,41H,8-9,11H2,1-7H3,(H2,30,39)(H,31,40)/t12-,15-,19?,20-,23?,29-/m0/s1. The van der Waals surface area contributed by atoms with Gasteiger partial charge in [-0.05, 0) is 44.5 Å². The summed E-state index contributed by atoms with van der Waals surface area (Å²) in [6.45, 7) is 5.17. The summed E-state index contributed by atoms with van der Waals surface area (Å²) in [6, 6.07) is 0.762. The number of benzene rings is 1. The first-order valence-corrected chi connectivity index (χ1v) is 13.6. The molecule has 0 aliphatic heterocycles. The third-order valence-corrected chi connectivity index (χ3v) is 8.75. The lowest BCUT2D eigenvalue weighted by molar-refractivity contribution is -0.178. The molecule has 0 aromatic heterocycles. The van der Waals surface area contributed by atoms with E-state index in [9.17, 15) is 39.6 Å². The summed E-state index contributed by atoms with van der Waals surface area (Å²) < 4.78 is 0. The van der Waals surface area contributed by atoms with E-state index >= 15 is 0 Å². The second-order valence-corrected chi connectivity index (χ2v) is 12.9. The summed E-state index contributed by atoms with van der Waals surface area (Å²) in [4.78, 5) is 55.6. The van der Waals surface area contributed by atoms with E-state index < -0.39 is 64.1 Å². The number of aromatic hydroxyl groups is 1. The number of aliphatic hydroxyl groups is 3. The van der Waals surface area contributed by atoms with Crippen molar-refractivity contribution in [2.24, 2.45) is 28.9 Å². The van der Waals surface area contributed by atoms with Crippen LogP contribution in [0.25, 0.3) is 0 Å². The summed E-state index contributed by atoms with van der Waals surface area (Å²) in [5.74, 6) is -8.12. The Morgan fingerprint density at radius 1 is 1.15 bits per heavy atom. The topological polar surface area (TPSA) is 194 Å². The Kier molecular flexibility index (Phi) is 7.51. The molecule has 0 radical (unpaired) electrons. The summed E-state index contributed by atoms with van der Waals surface area (Å²) >= 11 is 0. The highest BCUT2D eigenvalue weighted by Crippen LogP contribution is 2.53. The summed E-state index contributed by atoms with van der Waals surface area (Å²) in [6.07, 6.45) is -1.31. The third-order valence-electron chi connectivity index (χ3n) is 8.75. The molecule has 6 atom stereocenters. The maximum atomic E-state index is 14.1. The van der Waals surface area contributed by atoms with Crippen LogP contribution in [0.5, 0.6) is 5.75 Å². The van der Waals surface area contributed by atoms with Crippen molar-refractivity contribution in [3.8, 4) is 5.75 Å². The lowest BCUT2D eigenvalue weighted by atomic mass is 9.56. The van der Waals surface area contributed by atoms with Crippen LogP contribution in [0.4, 0.5) is 5.69 Å². The zero-order chi connectivity index (χ0) is 30.9. The van der Waals surface area contributed by atoms with E-state index in [0.29, 0.717) is 11.3 Å². The van der Waals surface area contributed by atoms with E-state index in [1.54, 1.807) is 64.8 Å². The number of phenolic OH excluding ortho intramolecular Hbond substituents is 1. The van der Waals surface area contributed by atoms with E-state index in [1.807, 2.05) is 0 Å². The molecule has 0 heterocycles. The van der Waals surface area contributed by atoms with Crippen LogP contribution in [-0.4, -0.2) is 94.6 Å². The number of nitrogens with zero attached hydrogens (tertiary/aromatic N) is 2. The summed E-state index contributed by atoms with van der Waals surface area (Å²) in [5.41, 5.74) is 3.22. The van der Waals surface area contributed by atoms with Gasteiger partial charge in [0.25, 0.3) is 0 Å². The summed E-state index contributed by atoms with van der Waals surface area (Å²) in [5, 5.41) is 48.4. The van der Waals surface area contributed by atoms with Crippen molar-refractivity contribution in [1.82, 2.24) is 10.2 Å². The molecule has 1 aromatic rings. The molecule has 3 aliphatic rings. The van der Waals surface area contributed by atoms with E-state index in [0.717, 1.165) is 0 Å². The van der Waals surface area contributed by atoms with E-state index in [2.05, 4.69) is 5.32 Å². The van der Waals surface area contributed by atoms with Gasteiger partial charge in [-0.1, -0.05) is 20.8 Å². The highest BCUT2D eigenvalue weighted by atomic mass is 16.4. The smallest absolute Gasteiger partial charge is 0.230 e. The molecule has 4 rings (SSSR count). The Morgan fingerprint density at radius 2 is 1.76 bits per heavy atom. The molecule has 41 heavy (non-hydrogen) atoms. The Balaban J connectivity index is 1.89. The van der Waals surface area contributed by atoms with Gasteiger partial charge in [-0.2, -0.15) is 0 Å². The predicted molar refractivity (Wildman–Crippen MR) is 149 cm³/mol. The first-order valence-electron chi connectivity index (χ1n) is 13.6. The normalized spacial score (nSPS) is 29.6. The van der Waals surface area contributed by atoms with Crippen LogP contribution >= 0.6 is 0 Å². The number of nitrogens with two attached hydrogens (primary N) is 1. The summed E-state index contributed by atoms with van der Waals surface area (Å²) in [7, 11) is 6.78. The fourth-order valence-corrected chi connectivity index (χ4v) is 6.68. The van der Waals surface area contributed by atoms with Crippen LogP contribution in [0, 0.1) is 23.2 Å². The van der Waals surface area contributed by atoms with E-state index in [4.69, 9.17) is 5.73 Å². The van der Waals surface area contributed by atoms with E-state index in [1.165, 1.54) is 0 Å². The Bertz CT molecular complexity index is 1360. The minimum atomic E-state index is -2.65. The fraction of sp³-hybridized carbons (Fsp3) is 0.586. The van der Waals surface area contributed by atoms with Crippen molar-refractivity contribution in [1.29, 1.82) is 0 Å². The van der Waals surface area contributed by atoms with Crippen LogP contribution in [0.2, 0.25) is 0 Å². The molecule has 0 saturated heterocycles. The number of anilines is 1. The number of phenols is 1. The van der Waals surface area contributed by atoms with Crippen LogP contribution < -0.4 is 16.0 Å². The van der Waals surface area contributed by atoms with Gasteiger partial charge in [-0.15, -0.1) is 0 Å². The highest BCUT2D eigenvalue weighted by Gasteiger charge is 2.66. The average Bonchev–Trinajstić information content (AvgIpc) is 2.84. The van der Waals surface area contributed by atoms with Gasteiger partial charge in [-0.3, -0.25) is 19.2 Å². The number of aliphatic hydroxyl groups excluding tert-OH is 2. The number of allylic oxidation sites excluding steroid dienone is 1. The number of likely N-dealkylation sites (N-methyl/N-ethyl adjacent to an activating group) is 1. The molecule has 12 nitrogen and oxygen atoms in total. The number of ketones is 2. The first kappa shape index (κ1) is 30.5. The van der Waals surface area contributed by atoms with Crippen LogP contribution in [0.3, 0.4) is 0 Å². The molecule has 0 bridgehead atoms. The average molecular weight is 573 g/mol. The number of rotatable bonds is 5. The van der Waals surface area contributed by atoms with Crippen molar-refractivity contribution in [2.75, 3.05) is 33.1 Å². The van der Waals surface area contributed by atoms with Crippen LogP contribution in [0.1, 0.15) is 48.7 Å². The van der Waals surface area contributed by atoms with Gasteiger partial charge in [0, 0.05) is 54.8 Å². The van der Waals surface area contributed by atoms with Crippen molar-refractivity contribution in [2.45, 2.75) is 57.9 Å². The molecular formula is C29H40N4O8. The Labute approximate surface area is 238 Å². The number of amides is 2. The van der Waals surface area contributed by atoms with Gasteiger partial charge in [0.15, 0.2) is 17.2 Å². The zero-order valence-electron chi connectivity index (χ0n) is 24.5. The molecule has 224 valence electrons. The van der Waals surface area contributed by atoms with Gasteiger partial charge in [-0.25, -0.2) is 0 Å². The quantitative estimate of drug-likeness (QED) is 0.262. The van der Waals surface area contributed by atoms with Gasteiger partial charge < -0.3 is 41.3 Å². The molecule has 1 fully saturated rings. The second-order valence-electron chi connectivity index (χ2n) is 12.9. The number of hydrogen-bond acceptors (Lipinski definition) is 10. The third kappa shape index (κ3) is 4.58. The number of fused-ring (bicyclic) bond motifs is 3. The maximum absolute atomic E-state index is 14.1. The highest BCUT2D eigenvalue weighted by molar-refractivity contribution is 6.16. The minimum Gasteiger partial charge on any atom is -0.508 e. The number of hydrogen-bond donors (Lipinski definition) is 6. The molecule has 2 unspecified atom stereocenters. The lowest BCUT2D eigenvalue weighted by Crippen LogP contribution is -2.71. The van der Waals surface area contributed by atoms with Gasteiger partial charge >= 0.3 is 0 Å². The minimum absolute atomic E-state index is 0.0369. The molecule has 1 saturated carbocycles. The predicted octanol–water partition coefficient (Wildman–Crippen LogP) is 0.0139. The van der Waals surface area contributed by atoms with Gasteiger partial charge in [0.2, 0.25) is 11.8 Å². The number of nitrogens with one attached hydrogen (secondary N) is 1. The number of carbonyl (C=O) groups excluding carboxylic acids is 4. The van der Waals surface area contributed by atoms with Crippen molar-refractivity contribution < 1.29 is 39.6 Å². The van der Waals surface area contributed by atoms with E-state index in [-0.39, 0.29) is 47.7 Å². The molecule has 12 heteroatoms. The fourth-order valence-electron chi connectivity index (χ4n) is 6.68. The lowest BCUT2D eigenvalue weighted by Gasteiger charge is -2.53. The molecule has 1 aromatic carbocycles.